The Morgan fingerprint density at radius 1 is 0.963 bits per heavy atom. The highest BCUT2D eigenvalue weighted by Crippen LogP contribution is 2.42. The van der Waals surface area contributed by atoms with E-state index in [0.29, 0.717) is 0 Å². The van der Waals surface area contributed by atoms with E-state index in [9.17, 15) is 0 Å². The maximum absolute atomic E-state index is 6.34. The van der Waals surface area contributed by atoms with Gasteiger partial charge in [-0.05, 0) is 86.5 Å². The van der Waals surface area contributed by atoms with Gasteiger partial charge < -0.3 is 9.47 Å². The molecular formula is C24H27ClO2. The Bertz CT molecular complexity index is 953. The normalized spacial score (nSPS) is 13.0. The van der Waals surface area contributed by atoms with E-state index in [1.54, 1.807) is 7.11 Å². The van der Waals surface area contributed by atoms with Crippen molar-refractivity contribution in [3.05, 3.63) is 64.7 Å². The molecule has 2 nitrogen and oxygen atoms in total. The van der Waals surface area contributed by atoms with Crippen molar-refractivity contribution < 1.29 is 9.47 Å². The zero-order valence-corrected chi connectivity index (χ0v) is 17.6. The largest absolute Gasteiger partial charge is 0.496 e. The van der Waals surface area contributed by atoms with Gasteiger partial charge in [0.05, 0.1) is 18.8 Å². The first-order valence-corrected chi connectivity index (χ1v) is 9.63. The molecule has 1 atom stereocenters. The molecule has 27 heavy (non-hydrogen) atoms. The summed E-state index contributed by atoms with van der Waals surface area (Å²) in [4.78, 5) is 0. The summed E-state index contributed by atoms with van der Waals surface area (Å²) in [5, 5.41) is 2.99. The number of ether oxygens (including phenoxy) is 2. The second-order valence-electron chi connectivity index (χ2n) is 7.92. The predicted octanol–water partition coefficient (Wildman–Crippen LogP) is 7.35. The lowest BCUT2D eigenvalue weighted by Crippen LogP contribution is -2.22. The molecule has 0 bridgehead atoms. The molecule has 3 aromatic carbocycles. The van der Waals surface area contributed by atoms with Gasteiger partial charge in [0, 0.05) is 10.4 Å². The van der Waals surface area contributed by atoms with Gasteiger partial charge in [-0.3, -0.25) is 0 Å². The third-order valence-electron chi connectivity index (χ3n) is 4.68. The summed E-state index contributed by atoms with van der Waals surface area (Å²) in [6, 6.07) is 16.4. The number of methoxy groups -OCH3 is 1. The average Bonchev–Trinajstić information content (AvgIpc) is 2.59. The summed E-state index contributed by atoms with van der Waals surface area (Å²) in [7, 11) is 1.71. The molecule has 0 radical (unpaired) electrons. The highest BCUT2D eigenvalue weighted by atomic mass is 35.5. The maximum Gasteiger partial charge on any atom is 0.126 e. The van der Waals surface area contributed by atoms with Gasteiger partial charge in [0.25, 0.3) is 0 Å². The number of rotatable bonds is 4. The van der Waals surface area contributed by atoms with Crippen LogP contribution in [0.5, 0.6) is 5.75 Å². The van der Waals surface area contributed by atoms with Crippen molar-refractivity contribution in [2.45, 2.75) is 46.3 Å². The first-order valence-electron chi connectivity index (χ1n) is 9.25. The van der Waals surface area contributed by atoms with Crippen LogP contribution < -0.4 is 4.74 Å². The predicted molar refractivity (Wildman–Crippen MR) is 115 cm³/mol. The number of aryl methyl sites for hydroxylation is 1. The van der Waals surface area contributed by atoms with Crippen LogP contribution >= 0.6 is 11.6 Å². The van der Waals surface area contributed by atoms with Crippen LogP contribution in [0, 0.1) is 6.92 Å². The van der Waals surface area contributed by atoms with E-state index in [-0.39, 0.29) is 11.7 Å². The fourth-order valence-electron chi connectivity index (χ4n) is 3.77. The molecule has 0 saturated heterocycles. The van der Waals surface area contributed by atoms with Crippen molar-refractivity contribution >= 4 is 22.4 Å². The number of hydrogen-bond donors (Lipinski definition) is 0. The Morgan fingerprint density at radius 2 is 1.63 bits per heavy atom. The molecule has 1 unspecified atom stereocenters. The van der Waals surface area contributed by atoms with Crippen LogP contribution in [-0.2, 0) is 4.74 Å². The van der Waals surface area contributed by atoms with Gasteiger partial charge in [0.2, 0.25) is 0 Å². The monoisotopic (exact) mass is 382 g/mol. The van der Waals surface area contributed by atoms with Crippen molar-refractivity contribution in [1.29, 1.82) is 0 Å². The molecule has 0 aliphatic heterocycles. The molecule has 0 spiro atoms. The SMILES string of the molecule is COc1cccc2c(-c3ccc(Cl)cc3)c(C(C)OC(C)(C)C)c(C)cc12. The zero-order chi connectivity index (χ0) is 19.8. The molecule has 142 valence electrons. The first kappa shape index (κ1) is 19.7. The molecule has 0 saturated carbocycles. The van der Waals surface area contributed by atoms with E-state index in [2.05, 4.69) is 58.9 Å². The van der Waals surface area contributed by atoms with Gasteiger partial charge in [0.15, 0.2) is 0 Å². The van der Waals surface area contributed by atoms with Crippen LogP contribution in [0.2, 0.25) is 5.02 Å². The second-order valence-corrected chi connectivity index (χ2v) is 8.35. The van der Waals surface area contributed by atoms with Gasteiger partial charge >= 0.3 is 0 Å². The lowest BCUT2D eigenvalue weighted by atomic mass is 9.87. The molecule has 3 rings (SSSR count). The molecule has 0 N–H and O–H groups in total. The van der Waals surface area contributed by atoms with Crippen molar-refractivity contribution in [3.63, 3.8) is 0 Å². The molecular weight excluding hydrogens is 356 g/mol. The minimum Gasteiger partial charge on any atom is -0.496 e. The Kier molecular flexibility index (Phi) is 5.50. The van der Waals surface area contributed by atoms with Crippen LogP contribution in [0.1, 0.15) is 44.9 Å². The van der Waals surface area contributed by atoms with Crippen LogP contribution in [0.4, 0.5) is 0 Å². The van der Waals surface area contributed by atoms with Crippen LogP contribution in [0.25, 0.3) is 21.9 Å². The molecule has 0 aromatic heterocycles. The number of halogens is 1. The summed E-state index contributed by atoms with van der Waals surface area (Å²) in [6.45, 7) is 10.5. The Labute approximate surface area is 167 Å². The second kappa shape index (κ2) is 7.53. The summed E-state index contributed by atoms with van der Waals surface area (Å²) in [5.41, 5.74) is 4.46. The van der Waals surface area contributed by atoms with Crippen LogP contribution in [0.15, 0.2) is 48.5 Å². The van der Waals surface area contributed by atoms with E-state index in [4.69, 9.17) is 21.1 Å². The summed E-state index contributed by atoms with van der Waals surface area (Å²) < 4.78 is 12.0. The number of fused-ring (bicyclic) bond motifs is 1. The molecule has 0 fully saturated rings. The molecule has 0 heterocycles. The van der Waals surface area contributed by atoms with Crippen molar-refractivity contribution in [2.24, 2.45) is 0 Å². The smallest absolute Gasteiger partial charge is 0.126 e. The van der Waals surface area contributed by atoms with Gasteiger partial charge in [0.1, 0.15) is 5.75 Å². The molecule has 3 heteroatoms. The Morgan fingerprint density at radius 3 is 2.22 bits per heavy atom. The van der Waals surface area contributed by atoms with E-state index in [0.717, 1.165) is 27.1 Å². The fraction of sp³-hybridized carbons (Fsp3) is 0.333. The van der Waals surface area contributed by atoms with Gasteiger partial charge in [-0.1, -0.05) is 35.9 Å². The minimum absolute atomic E-state index is 0.0497. The van der Waals surface area contributed by atoms with Crippen LogP contribution in [-0.4, -0.2) is 12.7 Å². The van der Waals surface area contributed by atoms with Crippen molar-refractivity contribution in [3.8, 4) is 16.9 Å². The zero-order valence-electron chi connectivity index (χ0n) is 16.9. The average molecular weight is 383 g/mol. The summed E-state index contributed by atoms with van der Waals surface area (Å²) in [5.74, 6) is 0.877. The van der Waals surface area contributed by atoms with Crippen LogP contribution in [0.3, 0.4) is 0 Å². The van der Waals surface area contributed by atoms with E-state index in [1.165, 1.54) is 16.7 Å². The van der Waals surface area contributed by atoms with Crippen molar-refractivity contribution in [1.82, 2.24) is 0 Å². The lowest BCUT2D eigenvalue weighted by Gasteiger charge is -2.29. The lowest BCUT2D eigenvalue weighted by molar-refractivity contribution is -0.0529. The first-order chi connectivity index (χ1) is 12.7. The third-order valence-corrected chi connectivity index (χ3v) is 4.93. The van der Waals surface area contributed by atoms with Gasteiger partial charge in [-0.2, -0.15) is 0 Å². The molecule has 3 aromatic rings. The quantitative estimate of drug-likeness (QED) is 0.469. The highest BCUT2D eigenvalue weighted by molar-refractivity contribution is 6.30. The summed E-state index contributed by atoms with van der Waals surface area (Å²) in [6.07, 6.45) is -0.0497. The highest BCUT2D eigenvalue weighted by Gasteiger charge is 2.23. The number of hydrogen-bond acceptors (Lipinski definition) is 2. The van der Waals surface area contributed by atoms with Gasteiger partial charge in [-0.25, -0.2) is 0 Å². The van der Waals surface area contributed by atoms with Crippen molar-refractivity contribution in [2.75, 3.05) is 7.11 Å². The standard InChI is InChI=1S/C24H27ClO2/c1-15-14-20-19(8-7-9-21(20)26-6)23(17-10-12-18(25)13-11-17)22(15)16(2)27-24(3,4)5/h7-14,16H,1-6H3. The van der Waals surface area contributed by atoms with E-state index < -0.39 is 0 Å². The topological polar surface area (TPSA) is 18.5 Å². The minimum atomic E-state index is -0.230. The Balaban J connectivity index is 2.35. The van der Waals surface area contributed by atoms with E-state index in [1.807, 2.05) is 24.3 Å². The molecule has 0 amide bonds. The maximum atomic E-state index is 6.34. The molecule has 0 aliphatic carbocycles. The third kappa shape index (κ3) is 4.12. The van der Waals surface area contributed by atoms with Gasteiger partial charge in [-0.15, -0.1) is 0 Å². The fourth-order valence-corrected chi connectivity index (χ4v) is 3.89. The summed E-state index contributed by atoms with van der Waals surface area (Å²) >= 11 is 6.14. The molecule has 0 aliphatic rings. The Hall–Kier alpha value is -2.03. The van der Waals surface area contributed by atoms with E-state index >= 15 is 0 Å². The number of benzene rings is 3.